The van der Waals surface area contributed by atoms with Crippen molar-refractivity contribution in [1.82, 2.24) is 14.3 Å². The molecule has 0 saturated heterocycles. The summed E-state index contributed by atoms with van der Waals surface area (Å²) in [5.74, 6) is -0.944. The molecule has 0 aliphatic carbocycles. The number of rotatable bonds is 4. The molecule has 1 amide bonds. The Morgan fingerprint density at radius 3 is 2.68 bits per heavy atom. The lowest BCUT2D eigenvalue weighted by Gasteiger charge is -2.04. The van der Waals surface area contributed by atoms with Crippen LogP contribution < -0.4 is 5.32 Å². The van der Waals surface area contributed by atoms with E-state index in [-0.39, 0.29) is 12.5 Å². The summed E-state index contributed by atoms with van der Waals surface area (Å²) in [4.78, 5) is 22.5. The summed E-state index contributed by atoms with van der Waals surface area (Å²) in [5.41, 5.74) is 1.49. The van der Waals surface area contributed by atoms with Crippen molar-refractivity contribution in [2.75, 3.05) is 5.32 Å². The fourth-order valence-electron chi connectivity index (χ4n) is 1.68. The zero-order chi connectivity index (χ0) is 14.0. The van der Waals surface area contributed by atoms with Crippen molar-refractivity contribution in [1.29, 1.82) is 0 Å². The van der Waals surface area contributed by atoms with E-state index in [1.165, 1.54) is 10.9 Å². The molecule has 0 aliphatic heterocycles. The smallest absolute Gasteiger partial charge is 0.325 e. The highest BCUT2D eigenvalue weighted by Gasteiger charge is 2.12. The van der Waals surface area contributed by atoms with Crippen LogP contribution in [0.3, 0.4) is 0 Å². The SMILES string of the molecule is Cc1ccc(C(=O)Nc2ccn(CC(=O)O)n2)n1C. The van der Waals surface area contributed by atoms with Crippen molar-refractivity contribution < 1.29 is 14.7 Å². The Morgan fingerprint density at radius 2 is 2.11 bits per heavy atom. The average molecular weight is 262 g/mol. The van der Waals surface area contributed by atoms with Gasteiger partial charge in [0.2, 0.25) is 0 Å². The number of nitrogens with one attached hydrogen (secondary N) is 1. The van der Waals surface area contributed by atoms with Crippen LogP contribution in [0.25, 0.3) is 0 Å². The maximum atomic E-state index is 12.0. The summed E-state index contributed by atoms with van der Waals surface area (Å²) in [5, 5.41) is 15.2. The summed E-state index contributed by atoms with van der Waals surface area (Å²) in [6, 6.07) is 5.12. The molecule has 0 fully saturated rings. The molecule has 2 N–H and O–H groups in total. The Hall–Kier alpha value is -2.57. The molecule has 2 aromatic heterocycles. The summed E-state index contributed by atoms with van der Waals surface area (Å²) in [6.07, 6.45) is 1.50. The van der Waals surface area contributed by atoms with Crippen molar-refractivity contribution in [3.05, 3.63) is 35.8 Å². The van der Waals surface area contributed by atoms with Crippen LogP contribution in [0.15, 0.2) is 24.4 Å². The lowest BCUT2D eigenvalue weighted by atomic mass is 10.4. The Morgan fingerprint density at radius 1 is 1.37 bits per heavy atom. The van der Waals surface area contributed by atoms with Gasteiger partial charge in [-0.25, -0.2) is 0 Å². The van der Waals surface area contributed by atoms with Crippen molar-refractivity contribution in [3.8, 4) is 0 Å². The Kier molecular flexibility index (Phi) is 3.37. The first-order valence-electron chi connectivity index (χ1n) is 5.66. The van der Waals surface area contributed by atoms with E-state index in [9.17, 15) is 9.59 Å². The molecule has 7 heteroatoms. The molecular weight excluding hydrogens is 248 g/mol. The predicted molar refractivity (Wildman–Crippen MR) is 68.0 cm³/mol. The minimum atomic E-state index is -0.987. The second-order valence-corrected chi connectivity index (χ2v) is 4.17. The van der Waals surface area contributed by atoms with Gasteiger partial charge in [0.25, 0.3) is 5.91 Å². The van der Waals surface area contributed by atoms with Crippen LogP contribution in [0, 0.1) is 6.92 Å². The third-order valence-corrected chi connectivity index (χ3v) is 2.78. The molecule has 0 unspecified atom stereocenters. The van der Waals surface area contributed by atoms with Gasteiger partial charge >= 0.3 is 5.97 Å². The second kappa shape index (κ2) is 4.97. The van der Waals surface area contributed by atoms with Gasteiger partial charge in [-0.1, -0.05) is 0 Å². The van der Waals surface area contributed by atoms with Gasteiger partial charge in [-0.3, -0.25) is 14.3 Å². The minimum absolute atomic E-state index is 0.237. The molecule has 0 bridgehead atoms. The van der Waals surface area contributed by atoms with E-state index >= 15 is 0 Å². The second-order valence-electron chi connectivity index (χ2n) is 4.17. The zero-order valence-corrected chi connectivity index (χ0v) is 10.6. The van der Waals surface area contributed by atoms with Gasteiger partial charge in [-0.15, -0.1) is 0 Å². The molecule has 0 aromatic carbocycles. The van der Waals surface area contributed by atoms with Crippen molar-refractivity contribution in [2.24, 2.45) is 7.05 Å². The van der Waals surface area contributed by atoms with Gasteiger partial charge in [-0.2, -0.15) is 5.10 Å². The number of anilines is 1. The van der Waals surface area contributed by atoms with Gasteiger partial charge in [-0.05, 0) is 19.1 Å². The number of nitrogens with zero attached hydrogens (tertiary/aromatic N) is 3. The molecule has 2 rings (SSSR count). The third kappa shape index (κ3) is 2.82. The van der Waals surface area contributed by atoms with Crippen LogP contribution in [-0.4, -0.2) is 31.3 Å². The molecule has 0 saturated carbocycles. The monoisotopic (exact) mass is 262 g/mol. The van der Waals surface area contributed by atoms with E-state index in [1.54, 1.807) is 23.7 Å². The van der Waals surface area contributed by atoms with Crippen molar-refractivity contribution in [2.45, 2.75) is 13.5 Å². The highest BCUT2D eigenvalue weighted by Crippen LogP contribution is 2.09. The average Bonchev–Trinajstić information content (AvgIpc) is 2.87. The Balaban J connectivity index is 2.09. The van der Waals surface area contributed by atoms with Crippen LogP contribution in [0.4, 0.5) is 5.82 Å². The van der Waals surface area contributed by atoms with Crippen LogP contribution in [-0.2, 0) is 18.4 Å². The first-order chi connectivity index (χ1) is 8.97. The van der Waals surface area contributed by atoms with Gasteiger partial charge in [0.05, 0.1) is 0 Å². The summed E-state index contributed by atoms with van der Waals surface area (Å²) < 4.78 is 3.01. The van der Waals surface area contributed by atoms with Crippen LogP contribution >= 0.6 is 0 Å². The summed E-state index contributed by atoms with van der Waals surface area (Å²) in [7, 11) is 1.80. The maximum absolute atomic E-state index is 12.0. The van der Waals surface area contributed by atoms with Gasteiger partial charge in [0.1, 0.15) is 12.2 Å². The lowest BCUT2D eigenvalue weighted by molar-refractivity contribution is -0.137. The molecule has 0 atom stereocenters. The predicted octanol–water partition coefficient (Wildman–Crippen LogP) is 0.867. The lowest BCUT2D eigenvalue weighted by Crippen LogP contribution is -2.17. The van der Waals surface area contributed by atoms with Crippen molar-refractivity contribution >= 4 is 17.7 Å². The minimum Gasteiger partial charge on any atom is -0.480 e. The molecule has 0 spiro atoms. The van der Waals surface area contributed by atoms with Gasteiger partial charge in [0.15, 0.2) is 5.82 Å². The Labute approximate surface area is 109 Å². The fraction of sp³-hybridized carbons (Fsp3) is 0.250. The molecule has 0 aliphatic rings. The first-order valence-corrected chi connectivity index (χ1v) is 5.66. The van der Waals surface area contributed by atoms with E-state index in [0.29, 0.717) is 11.5 Å². The topological polar surface area (TPSA) is 89.2 Å². The summed E-state index contributed by atoms with van der Waals surface area (Å²) >= 11 is 0. The van der Waals surface area contributed by atoms with Gasteiger partial charge < -0.3 is 15.0 Å². The van der Waals surface area contributed by atoms with E-state index < -0.39 is 5.97 Å². The quantitative estimate of drug-likeness (QED) is 0.855. The molecular formula is C12H14N4O3. The number of hydrogen-bond acceptors (Lipinski definition) is 3. The number of carbonyl (C=O) groups is 2. The highest BCUT2D eigenvalue weighted by atomic mass is 16.4. The Bertz CT molecular complexity index is 627. The maximum Gasteiger partial charge on any atom is 0.325 e. The highest BCUT2D eigenvalue weighted by molar-refractivity contribution is 6.02. The van der Waals surface area contributed by atoms with Crippen LogP contribution in [0.2, 0.25) is 0 Å². The first kappa shape index (κ1) is 12.9. The standard InChI is InChI=1S/C12H14N4O3/c1-8-3-4-9(15(8)2)12(19)13-10-5-6-16(14-10)7-11(17)18/h3-6H,7H2,1-2H3,(H,17,18)(H,13,14,19). The van der Waals surface area contributed by atoms with E-state index in [1.807, 2.05) is 13.0 Å². The number of carboxylic acid groups (broad SMARTS) is 1. The molecule has 2 heterocycles. The number of aryl methyl sites for hydroxylation is 1. The van der Waals surface area contributed by atoms with Crippen molar-refractivity contribution in [3.63, 3.8) is 0 Å². The van der Waals surface area contributed by atoms with Crippen LogP contribution in [0.5, 0.6) is 0 Å². The van der Waals surface area contributed by atoms with E-state index in [0.717, 1.165) is 5.69 Å². The summed E-state index contributed by atoms with van der Waals surface area (Å²) in [6.45, 7) is 1.66. The van der Waals surface area contributed by atoms with E-state index in [4.69, 9.17) is 5.11 Å². The molecule has 100 valence electrons. The van der Waals surface area contributed by atoms with Gasteiger partial charge in [0, 0.05) is 25.0 Å². The van der Waals surface area contributed by atoms with Crippen LogP contribution in [0.1, 0.15) is 16.2 Å². The number of aliphatic carboxylic acids is 1. The molecule has 2 aromatic rings. The number of carbonyl (C=O) groups excluding carboxylic acids is 1. The molecule has 19 heavy (non-hydrogen) atoms. The normalized spacial score (nSPS) is 10.4. The third-order valence-electron chi connectivity index (χ3n) is 2.78. The molecule has 7 nitrogen and oxygen atoms in total. The fourth-order valence-corrected chi connectivity index (χ4v) is 1.68. The number of aromatic nitrogens is 3. The number of hydrogen-bond donors (Lipinski definition) is 2. The van der Waals surface area contributed by atoms with E-state index in [2.05, 4.69) is 10.4 Å². The largest absolute Gasteiger partial charge is 0.480 e. The molecule has 0 radical (unpaired) electrons. The number of amides is 1. The zero-order valence-electron chi connectivity index (χ0n) is 10.6. The number of carboxylic acids is 1.